The van der Waals surface area contributed by atoms with Crippen LogP contribution < -0.4 is 5.73 Å². The van der Waals surface area contributed by atoms with Gasteiger partial charge in [0.1, 0.15) is 0 Å². The van der Waals surface area contributed by atoms with Gasteiger partial charge in [0.15, 0.2) is 0 Å². The van der Waals surface area contributed by atoms with Gasteiger partial charge in [-0.25, -0.2) is 20.0 Å². The third-order valence-corrected chi connectivity index (χ3v) is 7.32. The first kappa shape index (κ1) is 19.1. The van der Waals surface area contributed by atoms with Gasteiger partial charge >= 0.3 is 0 Å². The smallest absolute Gasteiger partial charge is 0.0261 e. The second kappa shape index (κ2) is 8.84. The lowest BCUT2D eigenvalue weighted by atomic mass is 9.99. The topological polar surface area (TPSA) is 42.2 Å². The molecule has 0 unspecified atom stereocenters. The Bertz CT molecular complexity index is 374. The Morgan fingerprint density at radius 3 is 1.50 bits per heavy atom. The van der Waals surface area contributed by atoms with Gasteiger partial charge in [-0.05, 0) is 44.4 Å². The lowest BCUT2D eigenvalue weighted by Gasteiger charge is -2.48. The number of piperazine rings is 1. The first-order valence-electron chi connectivity index (χ1n) is 11.2. The second-order valence-electron chi connectivity index (χ2n) is 9.10. The Kier molecular flexibility index (Phi) is 6.49. The Hall–Kier alpha value is -0.240. The van der Waals surface area contributed by atoms with Crippen LogP contribution in [0.15, 0.2) is 0 Å². The summed E-state index contributed by atoms with van der Waals surface area (Å²) in [6.07, 6.45) is 7.78. The van der Waals surface area contributed by atoms with Crippen LogP contribution in [0.5, 0.6) is 0 Å². The van der Waals surface area contributed by atoms with E-state index in [1.54, 1.807) is 0 Å². The minimum absolute atomic E-state index is 0.431. The molecule has 4 aliphatic heterocycles. The molecule has 4 heterocycles. The summed E-state index contributed by atoms with van der Waals surface area (Å²) in [5, 5.41) is 10.5. The summed E-state index contributed by atoms with van der Waals surface area (Å²) in [6.45, 7) is 14.7. The maximum atomic E-state index is 6.06. The molecule has 4 rings (SSSR count). The standard InChI is InChI=1S/C20H40N6/c1-18-2-8-23(9-3-18)25-12-6-20(7-13-25)22-14-16-26(17-15-22)24-10-4-19(21)5-11-24/h18-20H,2-17,21H2,1H3. The quantitative estimate of drug-likeness (QED) is 0.808. The van der Waals surface area contributed by atoms with Gasteiger partial charge in [-0.15, -0.1) is 0 Å². The van der Waals surface area contributed by atoms with Gasteiger partial charge in [0, 0.05) is 77.5 Å². The molecule has 0 aromatic heterocycles. The zero-order valence-corrected chi connectivity index (χ0v) is 16.9. The van der Waals surface area contributed by atoms with E-state index in [9.17, 15) is 0 Å². The molecule has 150 valence electrons. The number of rotatable bonds is 3. The van der Waals surface area contributed by atoms with Crippen molar-refractivity contribution in [1.82, 2.24) is 24.9 Å². The molecular formula is C20H40N6. The van der Waals surface area contributed by atoms with Crippen molar-refractivity contribution in [1.29, 1.82) is 0 Å². The molecule has 0 aliphatic carbocycles. The van der Waals surface area contributed by atoms with E-state index in [0.717, 1.165) is 37.9 Å². The highest BCUT2D eigenvalue weighted by atomic mass is 15.6. The molecule has 26 heavy (non-hydrogen) atoms. The van der Waals surface area contributed by atoms with Crippen molar-refractivity contribution < 1.29 is 0 Å². The summed E-state index contributed by atoms with van der Waals surface area (Å²) < 4.78 is 0. The van der Waals surface area contributed by atoms with E-state index in [-0.39, 0.29) is 0 Å². The van der Waals surface area contributed by atoms with Crippen LogP contribution in [0, 0.1) is 5.92 Å². The van der Waals surface area contributed by atoms with Crippen LogP contribution in [0.1, 0.15) is 45.4 Å². The maximum absolute atomic E-state index is 6.06. The van der Waals surface area contributed by atoms with E-state index in [1.807, 2.05) is 0 Å². The van der Waals surface area contributed by atoms with Crippen LogP contribution in [0.3, 0.4) is 0 Å². The van der Waals surface area contributed by atoms with E-state index in [0.29, 0.717) is 6.04 Å². The van der Waals surface area contributed by atoms with Crippen LogP contribution in [0.4, 0.5) is 0 Å². The first-order valence-corrected chi connectivity index (χ1v) is 11.2. The number of nitrogens with two attached hydrogens (primary N) is 1. The van der Waals surface area contributed by atoms with Gasteiger partial charge < -0.3 is 5.73 Å². The fourth-order valence-corrected chi connectivity index (χ4v) is 5.31. The summed E-state index contributed by atoms with van der Waals surface area (Å²) in [4.78, 5) is 2.78. The van der Waals surface area contributed by atoms with E-state index in [2.05, 4.69) is 31.9 Å². The molecule has 4 saturated heterocycles. The molecule has 0 atom stereocenters. The van der Waals surface area contributed by atoms with Gasteiger partial charge in [0.05, 0.1) is 0 Å². The zero-order chi connectivity index (χ0) is 17.9. The molecule has 0 aromatic rings. The predicted molar refractivity (Wildman–Crippen MR) is 106 cm³/mol. The van der Waals surface area contributed by atoms with Crippen LogP contribution in [-0.4, -0.2) is 102 Å². The highest BCUT2D eigenvalue weighted by Crippen LogP contribution is 2.24. The highest BCUT2D eigenvalue weighted by molar-refractivity contribution is 4.84. The molecule has 4 fully saturated rings. The van der Waals surface area contributed by atoms with Crippen molar-refractivity contribution in [2.75, 3.05) is 65.4 Å². The number of hydrogen-bond acceptors (Lipinski definition) is 6. The minimum atomic E-state index is 0.431. The molecule has 0 amide bonds. The van der Waals surface area contributed by atoms with Crippen LogP contribution in [0.25, 0.3) is 0 Å². The van der Waals surface area contributed by atoms with Gasteiger partial charge in [-0.3, -0.25) is 4.90 Å². The number of piperidine rings is 3. The molecule has 4 aliphatic rings. The van der Waals surface area contributed by atoms with E-state index < -0.39 is 0 Å². The number of hydrazine groups is 2. The molecule has 0 aromatic carbocycles. The zero-order valence-electron chi connectivity index (χ0n) is 16.9. The number of hydrogen-bond donors (Lipinski definition) is 1. The van der Waals surface area contributed by atoms with Gasteiger partial charge in [0.25, 0.3) is 0 Å². The lowest BCUT2D eigenvalue weighted by molar-refractivity contribution is -0.0961. The molecule has 0 bridgehead atoms. The summed E-state index contributed by atoms with van der Waals surface area (Å²) >= 11 is 0. The molecule has 0 radical (unpaired) electrons. The third-order valence-electron chi connectivity index (χ3n) is 7.32. The largest absolute Gasteiger partial charge is 0.328 e. The summed E-state index contributed by atoms with van der Waals surface area (Å²) in [5.41, 5.74) is 6.06. The fraction of sp³-hybridized carbons (Fsp3) is 1.00. The van der Waals surface area contributed by atoms with E-state index in [1.165, 1.54) is 78.0 Å². The lowest BCUT2D eigenvalue weighted by Crippen LogP contribution is -2.59. The van der Waals surface area contributed by atoms with Gasteiger partial charge in [-0.1, -0.05) is 6.92 Å². The summed E-state index contributed by atoms with van der Waals surface area (Å²) in [5.74, 6) is 0.927. The van der Waals surface area contributed by atoms with Gasteiger partial charge in [0.2, 0.25) is 0 Å². The average molecular weight is 365 g/mol. The normalized spacial score (nSPS) is 31.6. The van der Waals surface area contributed by atoms with Crippen molar-refractivity contribution in [3.8, 4) is 0 Å². The molecule has 0 spiro atoms. The van der Waals surface area contributed by atoms with E-state index >= 15 is 0 Å². The van der Waals surface area contributed by atoms with Crippen molar-refractivity contribution in [3.05, 3.63) is 0 Å². The molecule has 6 nitrogen and oxygen atoms in total. The predicted octanol–water partition coefficient (Wildman–Crippen LogP) is 1.05. The van der Waals surface area contributed by atoms with Crippen molar-refractivity contribution in [3.63, 3.8) is 0 Å². The molecule has 0 saturated carbocycles. The minimum Gasteiger partial charge on any atom is -0.328 e. The Balaban J connectivity index is 1.18. The fourth-order valence-electron chi connectivity index (χ4n) is 5.31. The average Bonchev–Trinajstić information content (AvgIpc) is 2.70. The summed E-state index contributed by atoms with van der Waals surface area (Å²) in [6, 6.07) is 1.24. The van der Waals surface area contributed by atoms with Crippen LogP contribution >= 0.6 is 0 Å². The van der Waals surface area contributed by atoms with Crippen molar-refractivity contribution in [2.24, 2.45) is 11.7 Å². The third kappa shape index (κ3) is 4.59. The van der Waals surface area contributed by atoms with Crippen molar-refractivity contribution >= 4 is 0 Å². The molecular weight excluding hydrogens is 324 g/mol. The SMILES string of the molecule is CC1CCN(N2CCC(N3CCN(N4CCC(N)CC4)CC3)CC2)CC1. The van der Waals surface area contributed by atoms with Crippen molar-refractivity contribution in [2.45, 2.75) is 57.5 Å². The second-order valence-corrected chi connectivity index (χ2v) is 9.10. The Labute approximate surface area is 160 Å². The first-order chi connectivity index (χ1) is 12.7. The monoisotopic (exact) mass is 364 g/mol. The highest BCUT2D eigenvalue weighted by Gasteiger charge is 2.32. The van der Waals surface area contributed by atoms with Crippen LogP contribution in [0.2, 0.25) is 0 Å². The molecule has 6 heteroatoms. The Morgan fingerprint density at radius 2 is 0.962 bits per heavy atom. The number of nitrogens with zero attached hydrogens (tertiary/aromatic N) is 5. The molecule has 2 N–H and O–H groups in total. The van der Waals surface area contributed by atoms with Crippen LogP contribution in [-0.2, 0) is 0 Å². The van der Waals surface area contributed by atoms with Gasteiger partial charge in [-0.2, -0.15) is 0 Å². The maximum Gasteiger partial charge on any atom is 0.0261 e. The van der Waals surface area contributed by atoms with E-state index in [4.69, 9.17) is 5.73 Å². The Morgan fingerprint density at radius 1 is 0.538 bits per heavy atom. The summed E-state index contributed by atoms with van der Waals surface area (Å²) in [7, 11) is 0.